The van der Waals surface area contributed by atoms with Gasteiger partial charge in [0.2, 0.25) is 0 Å². The highest BCUT2D eigenvalue weighted by Crippen LogP contribution is 2.25. The zero-order chi connectivity index (χ0) is 9.10. The van der Waals surface area contributed by atoms with Gasteiger partial charge in [-0.2, -0.15) is 4.98 Å². The van der Waals surface area contributed by atoms with Gasteiger partial charge in [-0.1, -0.05) is 32.1 Å². The maximum atomic E-state index is 4.88. The van der Waals surface area contributed by atoms with E-state index in [1.54, 1.807) is 0 Å². The predicted octanol–water partition coefficient (Wildman–Crippen LogP) is 2.85. The lowest BCUT2D eigenvalue weighted by molar-refractivity contribution is 0.341. The minimum atomic E-state index is 0.325. The first-order chi connectivity index (χ1) is 6.34. The summed E-state index contributed by atoms with van der Waals surface area (Å²) >= 11 is 4.79. The standard InChI is InChI=1S/C9H14N2OS/c13-9-10-8(11-12-9)6-7-4-2-1-3-5-7/h7H,1-6H2,(H,10,11,13). The van der Waals surface area contributed by atoms with Crippen molar-refractivity contribution in [2.24, 2.45) is 5.92 Å². The van der Waals surface area contributed by atoms with Gasteiger partial charge in [0, 0.05) is 6.42 Å². The molecule has 1 N–H and O–H groups in total. The van der Waals surface area contributed by atoms with Gasteiger partial charge in [0.05, 0.1) is 0 Å². The van der Waals surface area contributed by atoms with Crippen LogP contribution in [0.3, 0.4) is 0 Å². The molecule has 1 aliphatic rings. The number of aromatic nitrogens is 2. The smallest absolute Gasteiger partial charge is 0.314 e. The lowest BCUT2D eigenvalue weighted by Crippen LogP contribution is -2.09. The Labute approximate surface area is 82.5 Å². The second-order valence-corrected chi connectivity index (χ2v) is 4.09. The molecule has 13 heavy (non-hydrogen) atoms. The molecule has 0 aliphatic heterocycles. The summed E-state index contributed by atoms with van der Waals surface area (Å²) in [4.78, 5) is 4.42. The van der Waals surface area contributed by atoms with Crippen LogP contribution in [0.5, 0.6) is 0 Å². The molecule has 1 aromatic rings. The fraction of sp³-hybridized carbons (Fsp3) is 0.778. The molecule has 1 fully saturated rings. The van der Waals surface area contributed by atoms with Crippen molar-refractivity contribution in [1.29, 1.82) is 0 Å². The predicted molar refractivity (Wildman–Crippen MR) is 52.0 cm³/mol. The Hall–Kier alpha value is -0.640. The van der Waals surface area contributed by atoms with Crippen LogP contribution in [-0.2, 0) is 6.42 Å². The molecule has 1 saturated carbocycles. The van der Waals surface area contributed by atoms with Crippen LogP contribution in [0.25, 0.3) is 0 Å². The van der Waals surface area contributed by atoms with Gasteiger partial charge >= 0.3 is 4.84 Å². The summed E-state index contributed by atoms with van der Waals surface area (Å²) in [5.74, 6) is 1.70. The largest absolute Gasteiger partial charge is 0.348 e. The Balaban J connectivity index is 1.93. The number of nitrogens with zero attached hydrogens (tertiary/aromatic N) is 1. The minimum Gasteiger partial charge on any atom is -0.348 e. The van der Waals surface area contributed by atoms with Gasteiger partial charge in [0.25, 0.3) is 0 Å². The van der Waals surface area contributed by atoms with E-state index in [4.69, 9.17) is 16.7 Å². The Morgan fingerprint density at radius 3 is 2.77 bits per heavy atom. The van der Waals surface area contributed by atoms with Crippen LogP contribution in [0.15, 0.2) is 4.52 Å². The number of rotatable bonds is 2. The molecule has 0 atom stereocenters. The van der Waals surface area contributed by atoms with Crippen LogP contribution < -0.4 is 0 Å². The van der Waals surface area contributed by atoms with E-state index >= 15 is 0 Å². The van der Waals surface area contributed by atoms with E-state index in [0.717, 1.165) is 18.2 Å². The van der Waals surface area contributed by atoms with Gasteiger partial charge in [-0.05, 0) is 18.1 Å². The summed E-state index contributed by atoms with van der Waals surface area (Å²) in [6, 6.07) is 0. The number of hydrogen-bond donors (Lipinski definition) is 1. The molecule has 1 aromatic heterocycles. The third-order valence-corrected chi connectivity index (χ3v) is 2.86. The molecule has 0 bridgehead atoms. The topological polar surface area (TPSA) is 41.8 Å². The Bertz CT molecular complexity index is 311. The van der Waals surface area contributed by atoms with E-state index in [0.29, 0.717) is 4.84 Å². The van der Waals surface area contributed by atoms with Crippen molar-refractivity contribution >= 4 is 12.2 Å². The second kappa shape index (κ2) is 4.05. The molecule has 0 aromatic carbocycles. The van der Waals surface area contributed by atoms with Gasteiger partial charge in [-0.25, -0.2) is 5.16 Å². The normalized spacial score (nSPS) is 19.1. The number of H-pyrrole nitrogens is 1. The van der Waals surface area contributed by atoms with Crippen LogP contribution in [-0.4, -0.2) is 10.1 Å². The molecule has 3 nitrogen and oxygen atoms in total. The second-order valence-electron chi connectivity index (χ2n) is 3.74. The van der Waals surface area contributed by atoms with Gasteiger partial charge in [0.15, 0.2) is 0 Å². The fourth-order valence-electron chi connectivity index (χ4n) is 2.01. The quantitative estimate of drug-likeness (QED) is 0.743. The van der Waals surface area contributed by atoms with Gasteiger partial charge in [-0.3, -0.25) is 0 Å². The van der Waals surface area contributed by atoms with E-state index in [-0.39, 0.29) is 0 Å². The van der Waals surface area contributed by atoms with E-state index < -0.39 is 0 Å². The van der Waals surface area contributed by atoms with Crippen molar-refractivity contribution in [3.63, 3.8) is 0 Å². The minimum absolute atomic E-state index is 0.325. The molecule has 0 spiro atoms. The summed E-state index contributed by atoms with van der Waals surface area (Å²) in [5.41, 5.74) is 0. The number of aromatic amines is 1. The third kappa shape index (κ3) is 2.40. The molecular formula is C9H14N2OS. The van der Waals surface area contributed by atoms with E-state index in [1.165, 1.54) is 32.1 Å². The highest BCUT2D eigenvalue weighted by molar-refractivity contribution is 7.71. The number of hydrogen-bond acceptors (Lipinski definition) is 3. The van der Waals surface area contributed by atoms with Crippen LogP contribution in [0.2, 0.25) is 0 Å². The van der Waals surface area contributed by atoms with Crippen molar-refractivity contribution in [2.75, 3.05) is 0 Å². The fourth-order valence-corrected chi connectivity index (χ4v) is 2.16. The molecule has 1 aliphatic carbocycles. The highest BCUT2D eigenvalue weighted by Gasteiger charge is 2.15. The third-order valence-electron chi connectivity index (χ3n) is 2.69. The van der Waals surface area contributed by atoms with Gasteiger partial charge in [-0.15, -0.1) is 0 Å². The van der Waals surface area contributed by atoms with E-state index in [9.17, 15) is 0 Å². The molecule has 2 rings (SSSR count). The number of nitrogens with one attached hydrogen (secondary N) is 1. The van der Waals surface area contributed by atoms with E-state index in [1.807, 2.05) is 0 Å². The van der Waals surface area contributed by atoms with Crippen LogP contribution >= 0.6 is 12.2 Å². The van der Waals surface area contributed by atoms with Crippen LogP contribution in [0.1, 0.15) is 37.9 Å². The first-order valence-corrected chi connectivity index (χ1v) is 5.30. The molecule has 0 radical (unpaired) electrons. The first-order valence-electron chi connectivity index (χ1n) is 4.89. The maximum absolute atomic E-state index is 4.88. The Kier molecular flexibility index (Phi) is 2.78. The van der Waals surface area contributed by atoms with Crippen molar-refractivity contribution in [3.05, 3.63) is 10.7 Å². The zero-order valence-electron chi connectivity index (χ0n) is 7.58. The summed E-state index contributed by atoms with van der Waals surface area (Å²) in [7, 11) is 0. The average Bonchev–Trinajstić information content (AvgIpc) is 2.53. The molecule has 72 valence electrons. The lowest BCUT2D eigenvalue weighted by Gasteiger charge is -2.19. The van der Waals surface area contributed by atoms with Crippen LogP contribution in [0.4, 0.5) is 0 Å². The SMILES string of the molecule is S=c1nc(CC2CCCCC2)[nH]o1. The monoisotopic (exact) mass is 198 g/mol. The Morgan fingerprint density at radius 1 is 1.38 bits per heavy atom. The summed E-state index contributed by atoms with van der Waals surface area (Å²) in [6.07, 6.45) is 7.78. The van der Waals surface area contributed by atoms with Crippen molar-refractivity contribution < 1.29 is 4.52 Å². The first kappa shape index (κ1) is 8.94. The molecule has 1 heterocycles. The zero-order valence-corrected chi connectivity index (χ0v) is 8.40. The lowest BCUT2D eigenvalue weighted by atomic mass is 9.87. The molecule has 0 saturated heterocycles. The summed E-state index contributed by atoms with van der Waals surface area (Å²) < 4.78 is 4.88. The molecule has 0 amide bonds. The van der Waals surface area contributed by atoms with Crippen molar-refractivity contribution in [3.8, 4) is 0 Å². The van der Waals surface area contributed by atoms with Crippen LogP contribution in [0, 0.1) is 10.8 Å². The summed E-state index contributed by atoms with van der Waals surface area (Å²) in [6.45, 7) is 0. The summed E-state index contributed by atoms with van der Waals surface area (Å²) in [5, 5.41) is 2.76. The van der Waals surface area contributed by atoms with E-state index in [2.05, 4.69) is 10.1 Å². The Morgan fingerprint density at radius 2 is 2.15 bits per heavy atom. The average molecular weight is 198 g/mol. The van der Waals surface area contributed by atoms with Gasteiger partial charge < -0.3 is 4.52 Å². The van der Waals surface area contributed by atoms with Crippen molar-refractivity contribution in [1.82, 2.24) is 10.1 Å². The molecule has 0 unspecified atom stereocenters. The van der Waals surface area contributed by atoms with Gasteiger partial charge in [0.1, 0.15) is 5.82 Å². The molecular weight excluding hydrogens is 184 g/mol. The highest BCUT2D eigenvalue weighted by atomic mass is 32.1. The molecule has 4 heteroatoms. The van der Waals surface area contributed by atoms with Crippen molar-refractivity contribution in [2.45, 2.75) is 38.5 Å². The maximum Gasteiger partial charge on any atom is 0.314 e.